The van der Waals surface area contributed by atoms with Gasteiger partial charge in [0.1, 0.15) is 0 Å². The Balaban J connectivity index is 1.59. The molecular formula is C15H21BrN4. The van der Waals surface area contributed by atoms with Crippen molar-refractivity contribution in [3.8, 4) is 0 Å². The Morgan fingerprint density at radius 2 is 2.05 bits per heavy atom. The van der Waals surface area contributed by atoms with Crippen molar-refractivity contribution in [3.63, 3.8) is 0 Å². The minimum Gasteiger partial charge on any atom is -0.353 e. The number of halogens is 1. The second-order valence-electron chi connectivity index (χ2n) is 5.74. The highest BCUT2D eigenvalue weighted by Crippen LogP contribution is 2.30. The number of fused-ring (bicyclic) bond motifs is 1. The largest absolute Gasteiger partial charge is 0.353 e. The number of nitrogens with zero attached hydrogens (tertiary/aromatic N) is 3. The molecule has 3 rings (SSSR count). The summed E-state index contributed by atoms with van der Waals surface area (Å²) in [5.74, 6) is 2.46. The van der Waals surface area contributed by atoms with Crippen LogP contribution < -0.4 is 5.32 Å². The lowest BCUT2D eigenvalue weighted by Gasteiger charge is -2.27. The smallest absolute Gasteiger partial charge is 0.243 e. The molecule has 0 radical (unpaired) electrons. The van der Waals surface area contributed by atoms with Crippen LogP contribution in [0.1, 0.15) is 39.0 Å². The topological polar surface area (TPSA) is 42.2 Å². The fraction of sp³-hybridized carbons (Fsp3) is 0.600. The monoisotopic (exact) mass is 336 g/mol. The van der Waals surface area contributed by atoms with E-state index in [-0.39, 0.29) is 0 Å². The lowest BCUT2D eigenvalue weighted by Crippen LogP contribution is -2.21. The number of anilines is 1. The molecule has 0 amide bonds. The maximum Gasteiger partial charge on any atom is 0.243 e. The Bertz CT molecular complexity index is 572. The number of aromatic nitrogens is 3. The van der Waals surface area contributed by atoms with Crippen LogP contribution in [0.25, 0.3) is 5.65 Å². The quantitative estimate of drug-likeness (QED) is 0.913. The van der Waals surface area contributed by atoms with E-state index in [9.17, 15) is 0 Å². The van der Waals surface area contributed by atoms with Crippen LogP contribution in [0.4, 0.5) is 5.95 Å². The Hall–Kier alpha value is -1.10. The first-order valence-electron chi connectivity index (χ1n) is 7.51. The van der Waals surface area contributed by atoms with E-state index in [1.165, 1.54) is 32.1 Å². The molecule has 0 saturated heterocycles. The third-order valence-electron chi connectivity index (χ3n) is 4.41. The van der Waals surface area contributed by atoms with E-state index in [1.54, 1.807) is 4.52 Å². The van der Waals surface area contributed by atoms with E-state index >= 15 is 0 Å². The normalized spacial score (nSPS) is 23.1. The summed E-state index contributed by atoms with van der Waals surface area (Å²) in [7, 11) is 0. The molecule has 5 heteroatoms. The second kappa shape index (κ2) is 6.12. The number of pyridine rings is 1. The van der Waals surface area contributed by atoms with Crippen LogP contribution in [-0.4, -0.2) is 21.1 Å². The molecule has 0 spiro atoms. The minimum atomic E-state index is 0.731. The van der Waals surface area contributed by atoms with Crippen molar-refractivity contribution in [3.05, 3.63) is 22.8 Å². The molecule has 1 fully saturated rings. The highest BCUT2D eigenvalue weighted by Gasteiger charge is 2.20. The molecule has 0 aliphatic heterocycles. The molecule has 1 N–H and O–H groups in total. The minimum absolute atomic E-state index is 0.731. The van der Waals surface area contributed by atoms with Gasteiger partial charge in [0.15, 0.2) is 5.65 Å². The van der Waals surface area contributed by atoms with Crippen molar-refractivity contribution in [2.75, 3.05) is 11.9 Å². The van der Waals surface area contributed by atoms with Gasteiger partial charge in [0.25, 0.3) is 0 Å². The Morgan fingerprint density at radius 3 is 2.75 bits per heavy atom. The number of hydrogen-bond donors (Lipinski definition) is 1. The zero-order valence-electron chi connectivity index (χ0n) is 11.8. The molecule has 0 unspecified atom stereocenters. The zero-order chi connectivity index (χ0) is 13.9. The molecule has 1 aliphatic carbocycles. The van der Waals surface area contributed by atoms with Crippen molar-refractivity contribution in [1.29, 1.82) is 0 Å². The van der Waals surface area contributed by atoms with E-state index in [1.807, 2.05) is 18.3 Å². The molecular weight excluding hydrogens is 316 g/mol. The van der Waals surface area contributed by atoms with Gasteiger partial charge in [-0.2, -0.15) is 4.98 Å². The van der Waals surface area contributed by atoms with E-state index in [2.05, 4.69) is 38.3 Å². The molecule has 0 atom stereocenters. The highest BCUT2D eigenvalue weighted by atomic mass is 79.9. The third-order valence-corrected chi connectivity index (χ3v) is 5.03. The van der Waals surface area contributed by atoms with E-state index < -0.39 is 0 Å². The second-order valence-corrected chi connectivity index (χ2v) is 6.59. The summed E-state index contributed by atoms with van der Waals surface area (Å²) >= 11 is 3.50. The maximum atomic E-state index is 4.52. The first-order chi connectivity index (χ1) is 9.76. The SMILES string of the molecule is CCC1CCC(CNc2nc3c(Br)cccn3n2)CC1. The number of hydrogen-bond acceptors (Lipinski definition) is 3. The molecule has 2 aromatic heterocycles. The molecule has 20 heavy (non-hydrogen) atoms. The lowest BCUT2D eigenvalue weighted by molar-refractivity contribution is 0.278. The molecule has 2 heterocycles. The summed E-state index contributed by atoms with van der Waals surface area (Å²) in [5.41, 5.74) is 0.865. The van der Waals surface area contributed by atoms with Crippen molar-refractivity contribution in [2.24, 2.45) is 11.8 Å². The van der Waals surface area contributed by atoms with Gasteiger partial charge in [-0.05, 0) is 52.7 Å². The molecule has 4 nitrogen and oxygen atoms in total. The van der Waals surface area contributed by atoms with Crippen LogP contribution in [0.3, 0.4) is 0 Å². The average Bonchev–Trinajstić information content (AvgIpc) is 2.90. The Kier molecular flexibility index (Phi) is 4.24. The van der Waals surface area contributed by atoms with Gasteiger partial charge >= 0.3 is 0 Å². The van der Waals surface area contributed by atoms with Gasteiger partial charge < -0.3 is 5.32 Å². The maximum absolute atomic E-state index is 4.52. The molecule has 0 bridgehead atoms. The van der Waals surface area contributed by atoms with Crippen LogP contribution >= 0.6 is 15.9 Å². The summed E-state index contributed by atoms with van der Waals surface area (Å²) in [5, 5.41) is 7.85. The summed E-state index contributed by atoms with van der Waals surface area (Å²) < 4.78 is 2.78. The van der Waals surface area contributed by atoms with Gasteiger partial charge in [-0.3, -0.25) is 0 Å². The molecule has 1 aliphatic rings. The van der Waals surface area contributed by atoms with Crippen LogP contribution in [0, 0.1) is 11.8 Å². The Labute approximate surface area is 128 Å². The molecule has 2 aromatic rings. The summed E-state index contributed by atoms with van der Waals surface area (Å²) in [6.45, 7) is 3.30. The van der Waals surface area contributed by atoms with Gasteiger partial charge in [-0.1, -0.05) is 26.2 Å². The van der Waals surface area contributed by atoms with Gasteiger partial charge in [0, 0.05) is 12.7 Å². The number of rotatable bonds is 4. The molecule has 0 aromatic carbocycles. The van der Waals surface area contributed by atoms with Crippen molar-refractivity contribution in [1.82, 2.24) is 14.6 Å². The van der Waals surface area contributed by atoms with Crippen LogP contribution in [0.15, 0.2) is 22.8 Å². The summed E-state index contributed by atoms with van der Waals surface area (Å²) in [6, 6.07) is 3.95. The van der Waals surface area contributed by atoms with Gasteiger partial charge in [0.05, 0.1) is 4.47 Å². The van der Waals surface area contributed by atoms with E-state index in [0.29, 0.717) is 0 Å². The lowest BCUT2D eigenvalue weighted by atomic mass is 9.81. The van der Waals surface area contributed by atoms with Crippen molar-refractivity contribution in [2.45, 2.75) is 39.0 Å². The zero-order valence-corrected chi connectivity index (χ0v) is 13.4. The van der Waals surface area contributed by atoms with Crippen LogP contribution in [0.2, 0.25) is 0 Å². The average molecular weight is 337 g/mol. The Morgan fingerprint density at radius 1 is 1.30 bits per heavy atom. The van der Waals surface area contributed by atoms with Gasteiger partial charge in [-0.15, -0.1) is 5.10 Å². The molecule has 1 saturated carbocycles. The molecule has 108 valence electrons. The van der Waals surface area contributed by atoms with E-state index in [0.717, 1.165) is 34.4 Å². The van der Waals surface area contributed by atoms with Crippen molar-refractivity contribution >= 4 is 27.5 Å². The van der Waals surface area contributed by atoms with E-state index in [4.69, 9.17) is 0 Å². The predicted molar refractivity (Wildman–Crippen MR) is 84.9 cm³/mol. The van der Waals surface area contributed by atoms with Gasteiger partial charge in [-0.25, -0.2) is 4.52 Å². The van der Waals surface area contributed by atoms with Crippen LogP contribution in [0.5, 0.6) is 0 Å². The van der Waals surface area contributed by atoms with Gasteiger partial charge in [0.2, 0.25) is 5.95 Å². The van der Waals surface area contributed by atoms with Crippen molar-refractivity contribution < 1.29 is 0 Å². The first kappa shape index (κ1) is 13.9. The fourth-order valence-corrected chi connectivity index (χ4v) is 3.45. The predicted octanol–water partition coefficient (Wildman–Crippen LogP) is 4.12. The van der Waals surface area contributed by atoms with Crippen LogP contribution in [-0.2, 0) is 0 Å². The summed E-state index contributed by atoms with van der Waals surface area (Å²) in [6.07, 6.45) is 8.69. The summed E-state index contributed by atoms with van der Waals surface area (Å²) in [4.78, 5) is 4.52. The fourth-order valence-electron chi connectivity index (χ4n) is 3.03. The number of nitrogens with one attached hydrogen (secondary N) is 1. The standard InChI is InChI=1S/C15H21BrN4/c1-2-11-5-7-12(8-6-11)10-17-15-18-14-13(16)4-3-9-20(14)19-15/h3-4,9,11-12H,2,5-8,10H2,1H3,(H,17,19). The first-order valence-corrected chi connectivity index (χ1v) is 8.30. The highest BCUT2D eigenvalue weighted by molar-refractivity contribution is 9.10. The third kappa shape index (κ3) is 2.97.